The van der Waals surface area contributed by atoms with Crippen molar-refractivity contribution in [3.8, 4) is 5.75 Å². The number of oxime groups is 1. The molecule has 0 saturated heterocycles. The van der Waals surface area contributed by atoms with E-state index >= 15 is 0 Å². The maximum Gasteiger partial charge on any atom is 0.260 e. The Morgan fingerprint density at radius 2 is 2.29 bits per heavy atom. The highest BCUT2D eigenvalue weighted by molar-refractivity contribution is 6.04. The first-order chi connectivity index (χ1) is 10.2. The number of carbonyl (C=O) groups is 1. The van der Waals surface area contributed by atoms with Gasteiger partial charge in [0.15, 0.2) is 6.10 Å². The van der Waals surface area contributed by atoms with Crippen LogP contribution in [0.25, 0.3) is 0 Å². The summed E-state index contributed by atoms with van der Waals surface area (Å²) in [6, 6.07) is 5.62. The van der Waals surface area contributed by atoms with Crippen molar-refractivity contribution in [1.82, 2.24) is 5.32 Å². The van der Waals surface area contributed by atoms with E-state index in [9.17, 15) is 4.79 Å². The standard InChI is InChI=1S/C16H22N2O3/c1-3-4-10-17-16(19)11(2)21-15-7-5-6-12-13(15)8-9-14(12)18-20/h5-7,11,20H,3-4,8-10H2,1-2H3,(H,17,19). The van der Waals surface area contributed by atoms with E-state index in [0.29, 0.717) is 24.4 Å². The molecule has 0 bridgehead atoms. The quantitative estimate of drug-likeness (QED) is 0.480. The molecule has 0 saturated carbocycles. The Balaban J connectivity index is 2.04. The second kappa shape index (κ2) is 7.11. The van der Waals surface area contributed by atoms with Crippen LogP contribution in [0.4, 0.5) is 0 Å². The van der Waals surface area contributed by atoms with Crippen molar-refractivity contribution < 1.29 is 14.7 Å². The normalized spacial score (nSPS) is 16.6. The maximum absolute atomic E-state index is 11.9. The molecule has 5 nitrogen and oxygen atoms in total. The van der Waals surface area contributed by atoms with Crippen LogP contribution < -0.4 is 10.1 Å². The zero-order valence-electron chi connectivity index (χ0n) is 12.6. The molecule has 114 valence electrons. The number of amides is 1. The highest BCUT2D eigenvalue weighted by atomic mass is 16.5. The van der Waals surface area contributed by atoms with Crippen molar-refractivity contribution in [1.29, 1.82) is 0 Å². The van der Waals surface area contributed by atoms with Crippen molar-refractivity contribution in [2.24, 2.45) is 5.16 Å². The fourth-order valence-electron chi connectivity index (χ4n) is 2.46. The topological polar surface area (TPSA) is 70.9 Å². The summed E-state index contributed by atoms with van der Waals surface area (Å²) in [7, 11) is 0. The third-order valence-corrected chi connectivity index (χ3v) is 3.68. The minimum absolute atomic E-state index is 0.102. The molecule has 0 spiro atoms. The number of rotatable bonds is 6. The number of carbonyl (C=O) groups excluding carboxylic acids is 1. The van der Waals surface area contributed by atoms with Crippen molar-refractivity contribution in [2.45, 2.75) is 45.6 Å². The van der Waals surface area contributed by atoms with Gasteiger partial charge in [-0.1, -0.05) is 30.6 Å². The molecule has 0 fully saturated rings. The Kier molecular flexibility index (Phi) is 5.20. The SMILES string of the molecule is CCCCNC(=O)C(C)Oc1cccc2c1CCC2=NO. The summed E-state index contributed by atoms with van der Waals surface area (Å²) in [4.78, 5) is 11.9. The molecule has 1 aromatic carbocycles. The first-order valence-electron chi connectivity index (χ1n) is 7.45. The number of nitrogens with one attached hydrogen (secondary N) is 1. The fraction of sp³-hybridized carbons (Fsp3) is 0.500. The largest absolute Gasteiger partial charge is 0.481 e. The number of unbranched alkanes of at least 4 members (excludes halogenated alkanes) is 1. The van der Waals surface area contributed by atoms with Gasteiger partial charge in [-0.25, -0.2) is 0 Å². The lowest BCUT2D eigenvalue weighted by Gasteiger charge is -2.17. The lowest BCUT2D eigenvalue weighted by atomic mass is 10.1. The van der Waals surface area contributed by atoms with Crippen molar-refractivity contribution in [2.75, 3.05) is 6.54 Å². The first-order valence-corrected chi connectivity index (χ1v) is 7.45. The average molecular weight is 290 g/mol. The summed E-state index contributed by atoms with van der Waals surface area (Å²) in [5.74, 6) is 0.597. The number of ether oxygens (including phenoxy) is 1. The van der Waals surface area contributed by atoms with E-state index < -0.39 is 6.10 Å². The molecule has 1 aromatic rings. The van der Waals surface area contributed by atoms with Gasteiger partial charge in [0.2, 0.25) is 0 Å². The van der Waals surface area contributed by atoms with Gasteiger partial charge in [-0.05, 0) is 32.3 Å². The number of fused-ring (bicyclic) bond motifs is 1. The number of hydrogen-bond acceptors (Lipinski definition) is 4. The summed E-state index contributed by atoms with van der Waals surface area (Å²) in [5.41, 5.74) is 2.60. The van der Waals surface area contributed by atoms with Gasteiger partial charge in [0.1, 0.15) is 5.75 Å². The third kappa shape index (κ3) is 3.54. The molecule has 1 unspecified atom stereocenters. The van der Waals surface area contributed by atoms with Crippen LogP contribution in [-0.2, 0) is 11.2 Å². The van der Waals surface area contributed by atoms with Crippen LogP contribution in [0.5, 0.6) is 5.75 Å². The second-order valence-electron chi connectivity index (χ2n) is 5.23. The fourth-order valence-corrected chi connectivity index (χ4v) is 2.46. The molecule has 21 heavy (non-hydrogen) atoms. The Hall–Kier alpha value is -2.04. The number of hydrogen-bond donors (Lipinski definition) is 2. The predicted molar refractivity (Wildman–Crippen MR) is 81.1 cm³/mol. The minimum atomic E-state index is -0.538. The molecule has 1 aliphatic carbocycles. The summed E-state index contributed by atoms with van der Waals surface area (Å²) in [5, 5.41) is 15.2. The molecular formula is C16H22N2O3. The van der Waals surface area contributed by atoms with E-state index in [1.54, 1.807) is 6.92 Å². The average Bonchev–Trinajstić information content (AvgIpc) is 2.91. The molecular weight excluding hydrogens is 268 g/mol. The third-order valence-electron chi connectivity index (χ3n) is 3.68. The number of nitrogens with zero attached hydrogens (tertiary/aromatic N) is 1. The minimum Gasteiger partial charge on any atom is -0.481 e. The van der Waals surface area contributed by atoms with Gasteiger partial charge in [0.25, 0.3) is 5.91 Å². The maximum atomic E-state index is 11.9. The van der Waals surface area contributed by atoms with Gasteiger partial charge in [-0.15, -0.1) is 0 Å². The molecule has 0 radical (unpaired) electrons. The molecule has 2 rings (SSSR count). The molecule has 2 N–H and O–H groups in total. The lowest BCUT2D eigenvalue weighted by Crippen LogP contribution is -2.36. The Morgan fingerprint density at radius 1 is 1.48 bits per heavy atom. The highest BCUT2D eigenvalue weighted by Gasteiger charge is 2.23. The molecule has 0 aromatic heterocycles. The van der Waals surface area contributed by atoms with Crippen LogP contribution in [0.3, 0.4) is 0 Å². The van der Waals surface area contributed by atoms with Gasteiger partial charge < -0.3 is 15.3 Å². The molecule has 0 heterocycles. The molecule has 5 heteroatoms. The predicted octanol–water partition coefficient (Wildman–Crippen LogP) is 2.49. The van der Waals surface area contributed by atoms with Crippen LogP contribution in [0.2, 0.25) is 0 Å². The van der Waals surface area contributed by atoms with E-state index in [4.69, 9.17) is 9.94 Å². The van der Waals surface area contributed by atoms with Gasteiger partial charge in [0, 0.05) is 17.7 Å². The van der Waals surface area contributed by atoms with Crippen LogP contribution in [-0.4, -0.2) is 29.5 Å². The Bertz CT molecular complexity index is 540. The summed E-state index contributed by atoms with van der Waals surface area (Å²) >= 11 is 0. The van der Waals surface area contributed by atoms with Gasteiger partial charge >= 0.3 is 0 Å². The lowest BCUT2D eigenvalue weighted by molar-refractivity contribution is -0.127. The zero-order chi connectivity index (χ0) is 15.2. The van der Waals surface area contributed by atoms with E-state index in [2.05, 4.69) is 17.4 Å². The summed E-state index contributed by atoms with van der Waals surface area (Å²) in [6.45, 7) is 4.51. The highest BCUT2D eigenvalue weighted by Crippen LogP contribution is 2.31. The van der Waals surface area contributed by atoms with Crippen LogP contribution in [0.15, 0.2) is 23.4 Å². The van der Waals surface area contributed by atoms with Gasteiger partial charge in [0.05, 0.1) is 5.71 Å². The van der Waals surface area contributed by atoms with E-state index in [-0.39, 0.29) is 5.91 Å². The molecule has 1 atom stereocenters. The molecule has 1 amide bonds. The molecule has 1 aliphatic rings. The molecule has 0 aliphatic heterocycles. The van der Waals surface area contributed by atoms with E-state index in [0.717, 1.165) is 30.4 Å². The second-order valence-corrected chi connectivity index (χ2v) is 5.23. The Morgan fingerprint density at radius 3 is 3.00 bits per heavy atom. The smallest absolute Gasteiger partial charge is 0.260 e. The van der Waals surface area contributed by atoms with Gasteiger partial charge in [-0.2, -0.15) is 0 Å². The monoisotopic (exact) mass is 290 g/mol. The Labute approximate surface area is 125 Å². The van der Waals surface area contributed by atoms with Crippen LogP contribution in [0.1, 0.15) is 44.2 Å². The van der Waals surface area contributed by atoms with E-state index in [1.807, 2.05) is 18.2 Å². The van der Waals surface area contributed by atoms with Crippen molar-refractivity contribution >= 4 is 11.6 Å². The van der Waals surface area contributed by atoms with Gasteiger partial charge in [-0.3, -0.25) is 4.79 Å². The van der Waals surface area contributed by atoms with Crippen LogP contribution >= 0.6 is 0 Å². The van der Waals surface area contributed by atoms with Crippen molar-refractivity contribution in [3.63, 3.8) is 0 Å². The summed E-state index contributed by atoms with van der Waals surface area (Å²) < 4.78 is 5.79. The van der Waals surface area contributed by atoms with E-state index in [1.165, 1.54) is 0 Å². The van der Waals surface area contributed by atoms with Crippen LogP contribution in [0, 0.1) is 0 Å². The first kappa shape index (κ1) is 15.4. The van der Waals surface area contributed by atoms with Crippen molar-refractivity contribution in [3.05, 3.63) is 29.3 Å². The zero-order valence-corrected chi connectivity index (χ0v) is 12.6. The summed E-state index contributed by atoms with van der Waals surface area (Å²) in [6.07, 6.45) is 2.95. The number of benzene rings is 1.